The molecule has 2 nitrogen and oxygen atoms in total. The van der Waals surface area contributed by atoms with Crippen molar-refractivity contribution in [1.82, 2.24) is 10.3 Å². The summed E-state index contributed by atoms with van der Waals surface area (Å²) in [5.41, 5.74) is 2.53. The third kappa shape index (κ3) is 3.37. The Morgan fingerprint density at radius 3 is 2.73 bits per heavy atom. The van der Waals surface area contributed by atoms with Crippen molar-refractivity contribution in [1.29, 1.82) is 0 Å². The maximum absolute atomic E-state index is 4.38. The molecular formula is C19H22N2S. The number of thiophene rings is 1. The van der Waals surface area contributed by atoms with E-state index in [4.69, 9.17) is 0 Å². The number of aromatic nitrogens is 1. The minimum Gasteiger partial charge on any atom is -0.305 e. The third-order valence-corrected chi connectivity index (χ3v) is 4.81. The first kappa shape index (κ1) is 15.2. The predicted molar refractivity (Wildman–Crippen MR) is 95.1 cm³/mol. The Bertz CT molecular complexity index is 741. The molecular weight excluding hydrogens is 288 g/mol. The van der Waals surface area contributed by atoms with E-state index in [0.29, 0.717) is 6.04 Å². The Morgan fingerprint density at radius 1 is 1.14 bits per heavy atom. The normalized spacial score (nSPS) is 13.4. The van der Waals surface area contributed by atoms with Gasteiger partial charge in [0.05, 0.1) is 5.52 Å². The zero-order valence-electron chi connectivity index (χ0n) is 13.3. The molecule has 22 heavy (non-hydrogen) atoms. The molecule has 114 valence electrons. The van der Waals surface area contributed by atoms with Gasteiger partial charge in [0.2, 0.25) is 0 Å². The predicted octanol–water partition coefficient (Wildman–Crippen LogP) is 5.17. The van der Waals surface area contributed by atoms with Crippen LogP contribution in [0.3, 0.4) is 0 Å². The minimum absolute atomic E-state index is 0.184. The summed E-state index contributed by atoms with van der Waals surface area (Å²) < 4.78 is 0. The van der Waals surface area contributed by atoms with E-state index in [9.17, 15) is 0 Å². The fraction of sp³-hybridized carbons (Fsp3) is 0.316. The maximum Gasteiger partial charge on any atom is 0.0702 e. The van der Waals surface area contributed by atoms with Gasteiger partial charge in [0, 0.05) is 29.0 Å². The summed E-state index contributed by atoms with van der Waals surface area (Å²) >= 11 is 1.82. The number of benzene rings is 1. The van der Waals surface area contributed by atoms with Crippen LogP contribution in [0.5, 0.6) is 0 Å². The van der Waals surface area contributed by atoms with Gasteiger partial charge in [-0.05, 0) is 40.6 Å². The summed E-state index contributed by atoms with van der Waals surface area (Å²) in [6.45, 7) is 7.72. The van der Waals surface area contributed by atoms with Crippen LogP contribution in [0.15, 0.2) is 54.0 Å². The van der Waals surface area contributed by atoms with Gasteiger partial charge in [0.25, 0.3) is 0 Å². The van der Waals surface area contributed by atoms with Crippen LogP contribution in [0.4, 0.5) is 0 Å². The van der Waals surface area contributed by atoms with Gasteiger partial charge in [0.15, 0.2) is 0 Å². The first-order valence-electron chi connectivity index (χ1n) is 7.64. The Labute approximate surface area is 136 Å². The first-order chi connectivity index (χ1) is 10.5. The number of fused-ring (bicyclic) bond motifs is 1. The summed E-state index contributed by atoms with van der Waals surface area (Å²) in [6, 6.07) is 15.3. The van der Waals surface area contributed by atoms with Gasteiger partial charge < -0.3 is 5.32 Å². The molecule has 0 spiro atoms. The Hall–Kier alpha value is -1.71. The molecule has 0 unspecified atom stereocenters. The average molecular weight is 310 g/mol. The Balaban J connectivity index is 1.79. The highest BCUT2D eigenvalue weighted by Gasteiger charge is 2.26. The van der Waals surface area contributed by atoms with Crippen LogP contribution < -0.4 is 5.32 Å². The van der Waals surface area contributed by atoms with Crippen molar-refractivity contribution in [3.05, 3.63) is 64.5 Å². The molecule has 2 heterocycles. The largest absolute Gasteiger partial charge is 0.305 e. The highest BCUT2D eigenvalue weighted by atomic mass is 32.1. The molecule has 3 aromatic rings. The van der Waals surface area contributed by atoms with Crippen LogP contribution in [-0.2, 0) is 6.54 Å². The second-order valence-corrected chi connectivity index (χ2v) is 7.71. The van der Waals surface area contributed by atoms with E-state index in [1.807, 2.05) is 23.6 Å². The lowest BCUT2D eigenvalue weighted by Gasteiger charge is -2.31. The van der Waals surface area contributed by atoms with E-state index in [2.05, 4.69) is 72.9 Å². The van der Waals surface area contributed by atoms with Crippen LogP contribution in [0.25, 0.3) is 10.9 Å². The van der Waals surface area contributed by atoms with Crippen molar-refractivity contribution >= 4 is 22.2 Å². The zero-order chi connectivity index (χ0) is 15.6. The Kier molecular flexibility index (Phi) is 4.27. The molecule has 0 aliphatic rings. The summed E-state index contributed by atoms with van der Waals surface area (Å²) in [7, 11) is 0. The van der Waals surface area contributed by atoms with Gasteiger partial charge in [-0.25, -0.2) is 0 Å². The highest BCUT2D eigenvalue weighted by molar-refractivity contribution is 7.10. The number of hydrogen-bond donors (Lipinski definition) is 1. The molecule has 0 aliphatic carbocycles. The molecule has 1 aromatic carbocycles. The molecule has 0 aliphatic heterocycles. The van der Waals surface area contributed by atoms with E-state index in [0.717, 1.165) is 12.1 Å². The van der Waals surface area contributed by atoms with Crippen molar-refractivity contribution in [2.24, 2.45) is 5.41 Å². The summed E-state index contributed by atoms with van der Waals surface area (Å²) in [5, 5.41) is 7.08. The second kappa shape index (κ2) is 6.19. The topological polar surface area (TPSA) is 24.9 Å². The van der Waals surface area contributed by atoms with Crippen LogP contribution in [-0.4, -0.2) is 4.98 Å². The summed E-state index contributed by atoms with van der Waals surface area (Å²) in [4.78, 5) is 5.78. The maximum atomic E-state index is 4.38. The number of pyridine rings is 1. The smallest absolute Gasteiger partial charge is 0.0702 e. The quantitative estimate of drug-likeness (QED) is 0.719. The Morgan fingerprint density at radius 2 is 2.00 bits per heavy atom. The summed E-state index contributed by atoms with van der Waals surface area (Å²) in [6.07, 6.45) is 1.84. The number of nitrogens with one attached hydrogen (secondary N) is 1. The molecule has 0 fully saturated rings. The molecule has 0 amide bonds. The lowest BCUT2D eigenvalue weighted by molar-refractivity contribution is 0.275. The molecule has 3 heteroatoms. The molecule has 1 N–H and O–H groups in total. The van der Waals surface area contributed by atoms with Crippen molar-refractivity contribution in [3.8, 4) is 0 Å². The number of rotatable bonds is 4. The molecule has 0 radical (unpaired) electrons. The standard InChI is InChI=1S/C19H22N2S/c1-19(2,3)18(17-7-5-11-22-17)21-13-14-8-9-16-15(12-14)6-4-10-20-16/h4-12,18,21H,13H2,1-3H3/t18-/m0/s1. The van der Waals surface area contributed by atoms with Gasteiger partial charge >= 0.3 is 0 Å². The van der Waals surface area contributed by atoms with Crippen molar-refractivity contribution < 1.29 is 0 Å². The van der Waals surface area contributed by atoms with Crippen molar-refractivity contribution in [3.63, 3.8) is 0 Å². The van der Waals surface area contributed by atoms with Crippen molar-refractivity contribution in [2.45, 2.75) is 33.4 Å². The monoisotopic (exact) mass is 310 g/mol. The van der Waals surface area contributed by atoms with Crippen LogP contribution in [0.1, 0.15) is 37.3 Å². The molecule has 0 saturated carbocycles. The van der Waals surface area contributed by atoms with Gasteiger partial charge in [-0.3, -0.25) is 4.98 Å². The summed E-state index contributed by atoms with van der Waals surface area (Å²) in [5.74, 6) is 0. The fourth-order valence-electron chi connectivity index (χ4n) is 2.74. The molecule has 0 saturated heterocycles. The van der Waals surface area contributed by atoms with Crippen molar-refractivity contribution in [2.75, 3.05) is 0 Å². The lowest BCUT2D eigenvalue weighted by atomic mass is 9.85. The van der Waals surface area contributed by atoms with E-state index in [-0.39, 0.29) is 5.41 Å². The van der Waals surface area contributed by atoms with E-state index in [1.54, 1.807) is 0 Å². The molecule has 1 atom stereocenters. The number of nitrogens with zero attached hydrogens (tertiary/aromatic N) is 1. The fourth-order valence-corrected chi connectivity index (χ4v) is 3.79. The van der Waals surface area contributed by atoms with Crippen LogP contribution >= 0.6 is 11.3 Å². The zero-order valence-corrected chi connectivity index (χ0v) is 14.2. The SMILES string of the molecule is CC(C)(C)[C@@H](NCc1ccc2ncccc2c1)c1cccs1. The van der Waals surface area contributed by atoms with Gasteiger partial charge in [-0.2, -0.15) is 0 Å². The van der Waals surface area contributed by atoms with Gasteiger partial charge in [-0.15, -0.1) is 11.3 Å². The highest BCUT2D eigenvalue weighted by Crippen LogP contribution is 2.35. The lowest BCUT2D eigenvalue weighted by Crippen LogP contribution is -2.31. The van der Waals surface area contributed by atoms with E-state index < -0.39 is 0 Å². The minimum atomic E-state index is 0.184. The molecule has 3 rings (SSSR count). The molecule has 2 aromatic heterocycles. The third-order valence-electron chi connectivity index (χ3n) is 3.87. The van der Waals surface area contributed by atoms with E-state index in [1.165, 1.54) is 15.8 Å². The van der Waals surface area contributed by atoms with Crippen LogP contribution in [0.2, 0.25) is 0 Å². The van der Waals surface area contributed by atoms with Gasteiger partial charge in [-0.1, -0.05) is 39.0 Å². The molecule has 0 bridgehead atoms. The van der Waals surface area contributed by atoms with Gasteiger partial charge in [0.1, 0.15) is 0 Å². The first-order valence-corrected chi connectivity index (χ1v) is 8.52. The average Bonchev–Trinajstić information content (AvgIpc) is 3.00. The number of hydrogen-bond acceptors (Lipinski definition) is 3. The van der Waals surface area contributed by atoms with E-state index >= 15 is 0 Å². The second-order valence-electron chi connectivity index (χ2n) is 6.73. The van der Waals surface area contributed by atoms with Crippen LogP contribution in [0, 0.1) is 5.41 Å².